The van der Waals surface area contributed by atoms with Gasteiger partial charge in [0.1, 0.15) is 23.6 Å². The van der Waals surface area contributed by atoms with Crippen LogP contribution in [0.4, 0.5) is 0 Å². The molecule has 3 fully saturated rings. The molecule has 1 unspecified atom stereocenters. The van der Waals surface area contributed by atoms with Crippen LogP contribution in [-0.2, 0) is 35.5 Å². The number of sulfonamides is 1. The Kier molecular flexibility index (Phi) is 12.4. The predicted molar refractivity (Wildman–Crippen MR) is 179 cm³/mol. The zero-order chi connectivity index (χ0) is 34.0. The van der Waals surface area contributed by atoms with Crippen LogP contribution in [0.25, 0.3) is 11.1 Å². The van der Waals surface area contributed by atoms with Crippen LogP contribution in [0.3, 0.4) is 0 Å². The number of carbonyl (C=O) groups is 2. The molecular formula is C36H44N2O8S. The van der Waals surface area contributed by atoms with Crippen molar-refractivity contribution < 1.29 is 37.0 Å². The summed E-state index contributed by atoms with van der Waals surface area (Å²) >= 11 is 0. The Bertz CT molecular complexity index is 1600. The van der Waals surface area contributed by atoms with Gasteiger partial charge in [-0.25, -0.2) is 13.2 Å². The van der Waals surface area contributed by atoms with Crippen molar-refractivity contribution in [3.05, 3.63) is 90.7 Å². The van der Waals surface area contributed by atoms with Crippen LogP contribution in [0.2, 0.25) is 0 Å². The van der Waals surface area contributed by atoms with E-state index in [2.05, 4.69) is 10.1 Å². The van der Waals surface area contributed by atoms with Gasteiger partial charge in [-0.05, 0) is 73.9 Å². The van der Waals surface area contributed by atoms with E-state index in [1.807, 2.05) is 55.5 Å². The van der Waals surface area contributed by atoms with E-state index in [0.717, 1.165) is 29.5 Å². The molecule has 2 heterocycles. The van der Waals surface area contributed by atoms with Crippen LogP contribution in [0.1, 0.15) is 38.2 Å². The third kappa shape index (κ3) is 8.15. The van der Waals surface area contributed by atoms with Crippen molar-refractivity contribution in [1.29, 1.82) is 0 Å². The molecule has 2 atom stereocenters. The molecule has 6 rings (SSSR count). The fraction of sp³-hybridized carbons (Fsp3) is 0.389. The first-order valence-corrected chi connectivity index (χ1v) is 17.0. The summed E-state index contributed by atoms with van der Waals surface area (Å²) in [6.07, 6.45) is 6.59. The van der Waals surface area contributed by atoms with Gasteiger partial charge in [0.15, 0.2) is 0 Å². The van der Waals surface area contributed by atoms with Crippen molar-refractivity contribution >= 4 is 21.9 Å². The number of amides is 1. The van der Waals surface area contributed by atoms with E-state index in [4.69, 9.17) is 14.2 Å². The minimum absolute atomic E-state index is 0.123. The summed E-state index contributed by atoms with van der Waals surface area (Å²) < 4.78 is 49.5. The number of hydrogen-bond acceptors (Lipinski definition) is 8. The molecule has 0 spiro atoms. The predicted octanol–water partition coefficient (Wildman–Crippen LogP) is 5.37. The maximum atomic E-state index is 13.8. The quantitative estimate of drug-likeness (QED) is 0.215. The van der Waals surface area contributed by atoms with Crippen molar-refractivity contribution in [2.45, 2.75) is 62.0 Å². The van der Waals surface area contributed by atoms with Crippen molar-refractivity contribution in [2.24, 2.45) is 5.92 Å². The first-order valence-electron chi connectivity index (χ1n) is 15.6. The lowest BCUT2D eigenvalue weighted by Gasteiger charge is -2.49. The third-order valence-corrected chi connectivity index (χ3v) is 10.5. The second-order valence-corrected chi connectivity index (χ2v) is 13.2. The number of nitrogens with zero attached hydrogens (tertiary/aromatic N) is 1. The lowest BCUT2D eigenvalue weighted by molar-refractivity contribution is -0.146. The van der Waals surface area contributed by atoms with Gasteiger partial charge >= 0.3 is 5.97 Å². The Balaban J connectivity index is 0.000000930. The van der Waals surface area contributed by atoms with Crippen LogP contribution in [0.5, 0.6) is 11.5 Å². The number of benzene rings is 3. The zero-order valence-electron chi connectivity index (χ0n) is 27.5. The van der Waals surface area contributed by atoms with Gasteiger partial charge in [0, 0.05) is 12.5 Å². The van der Waals surface area contributed by atoms with Gasteiger partial charge in [-0.2, -0.15) is 4.31 Å². The molecular weight excluding hydrogens is 620 g/mol. The fourth-order valence-electron chi connectivity index (χ4n) is 6.40. The van der Waals surface area contributed by atoms with Gasteiger partial charge < -0.3 is 24.3 Å². The molecule has 3 aromatic rings. The molecule has 11 heteroatoms. The molecule has 252 valence electrons. The van der Waals surface area contributed by atoms with Gasteiger partial charge in [0.25, 0.3) is 0 Å². The lowest BCUT2D eigenvalue weighted by atomic mass is 9.76. The summed E-state index contributed by atoms with van der Waals surface area (Å²) in [4.78, 5) is 26.8. The Labute approximate surface area is 277 Å². The maximum absolute atomic E-state index is 13.8. The number of rotatable bonds is 11. The van der Waals surface area contributed by atoms with Crippen LogP contribution in [0, 0.1) is 5.92 Å². The summed E-state index contributed by atoms with van der Waals surface area (Å²) in [5.41, 5.74) is 2.47. The number of ether oxygens (including phenoxy) is 4. The van der Waals surface area contributed by atoms with Crippen molar-refractivity contribution in [3.8, 4) is 22.6 Å². The molecule has 0 radical (unpaired) electrons. The Morgan fingerprint density at radius 2 is 1.49 bits per heavy atom. The summed E-state index contributed by atoms with van der Waals surface area (Å²) in [5.74, 6) is 0.131. The highest BCUT2D eigenvalue weighted by Gasteiger charge is 2.51. The number of nitrogens with one attached hydrogen (secondary N) is 1. The Hall–Kier alpha value is -4.35. The molecule has 1 amide bonds. The molecule has 1 aliphatic carbocycles. The van der Waals surface area contributed by atoms with E-state index in [1.54, 1.807) is 57.9 Å². The highest BCUT2D eigenvalue weighted by molar-refractivity contribution is 7.89. The molecule has 2 saturated heterocycles. The standard InChI is InChI=1S/C32H36N2O7S.C4H8O/c1-39-27-10-7-11-28(40-2)29(27)22-14-12-21(13-15-22)20-26(32(36)41-3)33-31(35)30-23-16-18-24(19-17-23)34(30)42(37,38)25-8-5-4-6-9-25;1-3-4-5-2/h4-15,23-24,26,30H,16-20H2,1-3H3,(H,33,35);3-4H,1-2H3/b;4-3+/t23?,24?,26-,30?;/m0./s1. The normalized spacial score (nSPS) is 19.6. The smallest absolute Gasteiger partial charge is 0.328 e. The minimum atomic E-state index is -3.91. The van der Waals surface area contributed by atoms with Crippen molar-refractivity contribution in [3.63, 3.8) is 0 Å². The highest BCUT2D eigenvalue weighted by Crippen LogP contribution is 2.43. The number of methoxy groups -OCH3 is 4. The number of piperidine rings is 2. The number of hydrogen-bond donors (Lipinski definition) is 1. The monoisotopic (exact) mass is 664 g/mol. The van der Waals surface area contributed by atoms with E-state index in [0.29, 0.717) is 24.3 Å². The van der Waals surface area contributed by atoms with Crippen LogP contribution >= 0.6 is 0 Å². The number of fused-ring (bicyclic) bond motifs is 3. The molecule has 2 aliphatic heterocycles. The lowest BCUT2D eigenvalue weighted by Crippen LogP contribution is -2.63. The summed E-state index contributed by atoms with van der Waals surface area (Å²) in [7, 11) is 2.18. The average molecular weight is 665 g/mol. The van der Waals surface area contributed by atoms with Gasteiger partial charge in [0.2, 0.25) is 15.9 Å². The van der Waals surface area contributed by atoms with Gasteiger partial charge in [-0.1, -0.05) is 54.6 Å². The third-order valence-electron chi connectivity index (χ3n) is 8.59. The Morgan fingerprint density at radius 3 is 2.00 bits per heavy atom. The average Bonchev–Trinajstić information content (AvgIpc) is 3.12. The molecule has 0 aromatic heterocycles. The zero-order valence-corrected chi connectivity index (χ0v) is 28.4. The van der Waals surface area contributed by atoms with Crippen molar-refractivity contribution in [1.82, 2.24) is 9.62 Å². The summed E-state index contributed by atoms with van der Waals surface area (Å²) in [5, 5.41) is 2.85. The van der Waals surface area contributed by atoms with E-state index >= 15 is 0 Å². The molecule has 10 nitrogen and oxygen atoms in total. The molecule has 1 saturated carbocycles. The van der Waals surface area contributed by atoms with Crippen LogP contribution < -0.4 is 14.8 Å². The van der Waals surface area contributed by atoms with Crippen molar-refractivity contribution in [2.75, 3.05) is 28.4 Å². The van der Waals surface area contributed by atoms with E-state index in [9.17, 15) is 18.0 Å². The van der Waals surface area contributed by atoms with Gasteiger partial charge in [-0.15, -0.1) is 0 Å². The van der Waals surface area contributed by atoms with Gasteiger partial charge in [0.05, 0.1) is 45.2 Å². The number of esters is 1. The summed E-state index contributed by atoms with van der Waals surface area (Å²) in [6.45, 7) is 1.91. The van der Waals surface area contributed by atoms with Crippen LogP contribution in [0.15, 0.2) is 90.0 Å². The minimum Gasteiger partial charge on any atom is -0.505 e. The topological polar surface area (TPSA) is 120 Å². The van der Waals surface area contributed by atoms with Crippen LogP contribution in [-0.4, -0.2) is 71.2 Å². The highest BCUT2D eigenvalue weighted by atomic mass is 32.2. The van der Waals surface area contributed by atoms with E-state index in [1.165, 1.54) is 11.4 Å². The van der Waals surface area contributed by atoms with E-state index in [-0.39, 0.29) is 23.3 Å². The van der Waals surface area contributed by atoms with Gasteiger partial charge in [-0.3, -0.25) is 4.79 Å². The second-order valence-electron chi connectivity index (χ2n) is 11.4. The second kappa shape index (κ2) is 16.5. The largest absolute Gasteiger partial charge is 0.505 e. The molecule has 3 aliphatic rings. The number of allylic oxidation sites excluding steroid dienone is 1. The maximum Gasteiger partial charge on any atom is 0.328 e. The SMILES string of the molecule is C/C=C/OC.COC(=O)[C@H](Cc1ccc(-c2c(OC)cccc2OC)cc1)NC(=O)C1C2CCC(CC2)N1S(=O)(=O)c1ccccc1. The molecule has 2 bridgehead atoms. The van der Waals surface area contributed by atoms with E-state index < -0.39 is 34.0 Å². The molecule has 47 heavy (non-hydrogen) atoms. The Morgan fingerprint density at radius 1 is 0.872 bits per heavy atom. The molecule has 3 aromatic carbocycles. The summed E-state index contributed by atoms with van der Waals surface area (Å²) in [6, 6.07) is 19.2. The molecule has 1 N–H and O–H groups in total. The fourth-order valence-corrected chi connectivity index (χ4v) is 8.32. The number of carbonyl (C=O) groups excluding carboxylic acids is 2. The first-order chi connectivity index (χ1) is 22.7. The first kappa shape index (κ1) is 35.5.